The van der Waals surface area contributed by atoms with Crippen LogP contribution in [0.25, 0.3) is 0 Å². The van der Waals surface area contributed by atoms with Gasteiger partial charge in [0.25, 0.3) is 5.91 Å². The first kappa shape index (κ1) is 15.3. The standard InChI is InChI=1S/C17H23FN2O2/c1-22-14-4-5-15(16(18)10-14)17(21)20-8-6-13(7-9-20)19-11-12-2-3-12/h4-5,10,12-13,19H,2-3,6-9,11H2,1H3. The van der Waals surface area contributed by atoms with Gasteiger partial charge in [0.15, 0.2) is 0 Å². The molecule has 1 aliphatic carbocycles. The molecule has 22 heavy (non-hydrogen) atoms. The number of carbonyl (C=O) groups excluding carboxylic acids is 1. The molecular weight excluding hydrogens is 283 g/mol. The van der Waals surface area contributed by atoms with Crippen LogP contribution in [0.15, 0.2) is 18.2 Å². The molecule has 0 unspecified atom stereocenters. The summed E-state index contributed by atoms with van der Waals surface area (Å²) in [4.78, 5) is 14.2. The van der Waals surface area contributed by atoms with Gasteiger partial charge in [0.2, 0.25) is 0 Å². The number of nitrogens with one attached hydrogen (secondary N) is 1. The number of methoxy groups -OCH3 is 1. The van der Waals surface area contributed by atoms with Crippen LogP contribution in [0.1, 0.15) is 36.0 Å². The summed E-state index contributed by atoms with van der Waals surface area (Å²) < 4.78 is 19.0. The van der Waals surface area contributed by atoms with Crippen LogP contribution in [0, 0.1) is 11.7 Å². The largest absolute Gasteiger partial charge is 0.497 e. The minimum absolute atomic E-state index is 0.130. The number of piperidine rings is 1. The van der Waals surface area contributed by atoms with Crippen molar-refractivity contribution in [3.05, 3.63) is 29.6 Å². The minimum atomic E-state index is -0.515. The van der Waals surface area contributed by atoms with E-state index in [0.717, 1.165) is 25.3 Å². The molecule has 120 valence electrons. The second-order valence-corrected chi connectivity index (χ2v) is 6.26. The molecule has 1 aromatic rings. The van der Waals surface area contributed by atoms with Crippen molar-refractivity contribution in [2.75, 3.05) is 26.7 Å². The van der Waals surface area contributed by atoms with E-state index >= 15 is 0 Å². The summed E-state index contributed by atoms with van der Waals surface area (Å²) >= 11 is 0. The first-order valence-corrected chi connectivity index (χ1v) is 8.03. The molecule has 0 radical (unpaired) electrons. The number of hydrogen-bond donors (Lipinski definition) is 1. The van der Waals surface area contributed by atoms with Gasteiger partial charge in [-0.25, -0.2) is 4.39 Å². The number of benzene rings is 1. The minimum Gasteiger partial charge on any atom is -0.497 e. The van der Waals surface area contributed by atoms with E-state index in [0.29, 0.717) is 24.9 Å². The van der Waals surface area contributed by atoms with E-state index < -0.39 is 5.82 Å². The predicted molar refractivity (Wildman–Crippen MR) is 82.6 cm³/mol. The second-order valence-electron chi connectivity index (χ2n) is 6.26. The summed E-state index contributed by atoms with van der Waals surface area (Å²) in [6.45, 7) is 2.48. The van der Waals surface area contributed by atoms with Gasteiger partial charge in [0.1, 0.15) is 11.6 Å². The Labute approximate surface area is 130 Å². The van der Waals surface area contributed by atoms with Gasteiger partial charge in [0, 0.05) is 25.2 Å². The van der Waals surface area contributed by atoms with Gasteiger partial charge < -0.3 is 15.0 Å². The number of halogens is 1. The van der Waals surface area contributed by atoms with Crippen molar-refractivity contribution in [2.45, 2.75) is 31.7 Å². The Morgan fingerprint density at radius 1 is 1.32 bits per heavy atom. The van der Waals surface area contributed by atoms with Crippen molar-refractivity contribution in [2.24, 2.45) is 5.92 Å². The first-order chi connectivity index (χ1) is 10.7. The van der Waals surface area contributed by atoms with Crippen molar-refractivity contribution in [1.29, 1.82) is 0 Å². The maximum Gasteiger partial charge on any atom is 0.256 e. The lowest BCUT2D eigenvalue weighted by molar-refractivity contribution is 0.0700. The van der Waals surface area contributed by atoms with Gasteiger partial charge in [-0.15, -0.1) is 0 Å². The lowest BCUT2D eigenvalue weighted by Crippen LogP contribution is -2.45. The Kier molecular flexibility index (Phi) is 4.62. The summed E-state index contributed by atoms with van der Waals surface area (Å²) in [5.74, 6) is 0.559. The number of rotatable bonds is 5. The van der Waals surface area contributed by atoms with E-state index in [2.05, 4.69) is 5.32 Å². The number of carbonyl (C=O) groups is 1. The molecule has 3 rings (SSSR count). The fourth-order valence-electron chi connectivity index (χ4n) is 2.91. The van der Waals surface area contributed by atoms with E-state index in [1.165, 1.54) is 32.1 Å². The monoisotopic (exact) mass is 306 g/mol. The SMILES string of the molecule is COc1ccc(C(=O)N2CCC(NCC3CC3)CC2)c(F)c1. The molecule has 2 fully saturated rings. The van der Waals surface area contributed by atoms with Crippen LogP contribution in [-0.4, -0.2) is 43.6 Å². The molecule has 0 atom stereocenters. The van der Waals surface area contributed by atoms with Gasteiger partial charge in [-0.3, -0.25) is 4.79 Å². The number of likely N-dealkylation sites (tertiary alicyclic amines) is 1. The smallest absolute Gasteiger partial charge is 0.256 e. The normalized spacial score (nSPS) is 19.3. The van der Waals surface area contributed by atoms with E-state index in [-0.39, 0.29) is 11.5 Å². The molecule has 0 bridgehead atoms. The van der Waals surface area contributed by atoms with Gasteiger partial charge in [-0.05, 0) is 50.3 Å². The molecule has 1 N–H and O–H groups in total. The fraction of sp³-hybridized carbons (Fsp3) is 0.588. The van der Waals surface area contributed by atoms with Gasteiger partial charge in [-0.1, -0.05) is 0 Å². The molecule has 0 spiro atoms. The number of amides is 1. The molecule has 1 aliphatic heterocycles. The summed E-state index contributed by atoms with van der Waals surface area (Å²) in [5.41, 5.74) is 0.130. The summed E-state index contributed by atoms with van der Waals surface area (Å²) in [5, 5.41) is 3.58. The Hall–Kier alpha value is -1.62. The van der Waals surface area contributed by atoms with Crippen molar-refractivity contribution in [1.82, 2.24) is 10.2 Å². The average Bonchev–Trinajstić information content (AvgIpc) is 3.37. The van der Waals surface area contributed by atoms with E-state index in [1.54, 1.807) is 11.0 Å². The fourth-order valence-corrected chi connectivity index (χ4v) is 2.91. The summed E-state index contributed by atoms with van der Waals surface area (Å²) in [6, 6.07) is 4.89. The lowest BCUT2D eigenvalue weighted by atomic mass is 10.0. The highest BCUT2D eigenvalue weighted by Gasteiger charge is 2.27. The van der Waals surface area contributed by atoms with Crippen molar-refractivity contribution < 1.29 is 13.9 Å². The molecule has 0 aromatic heterocycles. The zero-order valence-corrected chi connectivity index (χ0v) is 13.0. The second kappa shape index (κ2) is 6.65. The van der Waals surface area contributed by atoms with Gasteiger partial charge in [-0.2, -0.15) is 0 Å². The number of nitrogens with zero attached hydrogens (tertiary/aromatic N) is 1. The van der Waals surface area contributed by atoms with E-state index in [9.17, 15) is 9.18 Å². The third-order valence-electron chi connectivity index (χ3n) is 4.58. The molecule has 1 saturated heterocycles. The molecular formula is C17H23FN2O2. The van der Waals surface area contributed by atoms with Crippen LogP contribution < -0.4 is 10.1 Å². The van der Waals surface area contributed by atoms with Crippen molar-refractivity contribution in [3.63, 3.8) is 0 Å². The van der Waals surface area contributed by atoms with Crippen LogP contribution >= 0.6 is 0 Å². The Bertz CT molecular complexity index is 537. The number of ether oxygens (including phenoxy) is 1. The van der Waals surface area contributed by atoms with Crippen LogP contribution in [0.4, 0.5) is 4.39 Å². The molecule has 1 amide bonds. The lowest BCUT2D eigenvalue weighted by Gasteiger charge is -2.32. The summed E-state index contributed by atoms with van der Waals surface area (Å²) in [7, 11) is 1.48. The van der Waals surface area contributed by atoms with Crippen LogP contribution in [-0.2, 0) is 0 Å². The highest BCUT2D eigenvalue weighted by molar-refractivity contribution is 5.94. The molecule has 4 nitrogen and oxygen atoms in total. The molecule has 1 aromatic carbocycles. The van der Waals surface area contributed by atoms with Crippen molar-refractivity contribution >= 4 is 5.91 Å². The van der Waals surface area contributed by atoms with Gasteiger partial charge >= 0.3 is 0 Å². The van der Waals surface area contributed by atoms with Crippen LogP contribution in [0.5, 0.6) is 5.75 Å². The molecule has 1 saturated carbocycles. The topological polar surface area (TPSA) is 41.6 Å². The Morgan fingerprint density at radius 2 is 2.05 bits per heavy atom. The number of hydrogen-bond acceptors (Lipinski definition) is 3. The molecule has 5 heteroatoms. The first-order valence-electron chi connectivity index (χ1n) is 8.03. The van der Waals surface area contributed by atoms with E-state index in [4.69, 9.17) is 4.74 Å². The maximum atomic E-state index is 14.0. The van der Waals surface area contributed by atoms with Crippen LogP contribution in [0.3, 0.4) is 0 Å². The average molecular weight is 306 g/mol. The van der Waals surface area contributed by atoms with Crippen LogP contribution in [0.2, 0.25) is 0 Å². The molecule has 1 heterocycles. The quantitative estimate of drug-likeness (QED) is 0.908. The predicted octanol–water partition coefficient (Wildman–Crippen LogP) is 2.44. The highest BCUT2D eigenvalue weighted by Crippen LogP contribution is 2.28. The Morgan fingerprint density at radius 3 is 2.64 bits per heavy atom. The zero-order chi connectivity index (χ0) is 15.5. The van der Waals surface area contributed by atoms with E-state index in [1.807, 2.05) is 0 Å². The van der Waals surface area contributed by atoms with Gasteiger partial charge in [0.05, 0.1) is 12.7 Å². The maximum absolute atomic E-state index is 14.0. The third-order valence-corrected chi connectivity index (χ3v) is 4.58. The Balaban J connectivity index is 1.54. The zero-order valence-electron chi connectivity index (χ0n) is 13.0. The van der Waals surface area contributed by atoms with Crippen molar-refractivity contribution in [3.8, 4) is 5.75 Å². The third kappa shape index (κ3) is 3.58. The molecule has 2 aliphatic rings. The summed E-state index contributed by atoms with van der Waals surface area (Å²) in [6.07, 6.45) is 4.58. The highest BCUT2D eigenvalue weighted by atomic mass is 19.1.